The van der Waals surface area contributed by atoms with Crippen molar-refractivity contribution in [1.82, 2.24) is 20.4 Å². The topological polar surface area (TPSA) is 66.5 Å². The Morgan fingerprint density at radius 2 is 2.21 bits per heavy atom. The van der Waals surface area contributed by atoms with Crippen molar-refractivity contribution in [3.63, 3.8) is 0 Å². The molecule has 6 nitrogen and oxygen atoms in total. The smallest absolute Gasteiger partial charge is 0.228 e. The Morgan fingerprint density at radius 1 is 1.42 bits per heavy atom. The van der Waals surface area contributed by atoms with Crippen molar-refractivity contribution in [2.75, 3.05) is 20.1 Å². The Kier molecular flexibility index (Phi) is 8.66. The van der Waals surface area contributed by atoms with E-state index in [0.29, 0.717) is 31.2 Å². The molecule has 0 spiro atoms. The van der Waals surface area contributed by atoms with E-state index in [0.717, 1.165) is 18.1 Å². The van der Waals surface area contributed by atoms with Crippen LogP contribution in [-0.4, -0.2) is 41.1 Å². The Hall–Kier alpha value is -1.71. The molecule has 0 amide bonds. The molecule has 0 aliphatic heterocycles. The normalized spacial score (nSPS) is 11.1. The number of hydrogen-bond acceptors (Lipinski definition) is 4. The Morgan fingerprint density at radius 3 is 2.83 bits per heavy atom. The molecular weight excluding hydrogens is 424 g/mol. The minimum absolute atomic E-state index is 0. The fourth-order valence-corrected chi connectivity index (χ4v) is 2.15. The van der Waals surface area contributed by atoms with Crippen LogP contribution in [0.1, 0.15) is 24.2 Å². The third-order valence-electron chi connectivity index (χ3n) is 3.16. The van der Waals surface area contributed by atoms with E-state index in [2.05, 4.69) is 20.4 Å². The fraction of sp³-hybridized carbons (Fsp3) is 0.438. The summed E-state index contributed by atoms with van der Waals surface area (Å²) in [5, 5.41) is 6.98. The minimum atomic E-state index is -0.232. The van der Waals surface area contributed by atoms with Crippen LogP contribution in [0.15, 0.2) is 33.8 Å². The molecule has 1 aromatic heterocycles. The molecule has 2 rings (SSSR count). The average molecular weight is 447 g/mol. The fourth-order valence-electron chi connectivity index (χ4n) is 2.15. The first-order valence-corrected chi connectivity index (χ1v) is 7.61. The van der Waals surface area contributed by atoms with E-state index >= 15 is 0 Å². The van der Waals surface area contributed by atoms with E-state index in [1.165, 1.54) is 12.1 Å². The molecule has 0 bridgehead atoms. The first-order chi connectivity index (χ1) is 11.1. The average Bonchev–Trinajstić information content (AvgIpc) is 2.92. The Bertz CT molecular complexity index is 661. The Balaban J connectivity index is 0.00000288. The van der Waals surface area contributed by atoms with Crippen molar-refractivity contribution >= 4 is 29.9 Å². The van der Waals surface area contributed by atoms with Crippen LogP contribution in [0, 0.1) is 12.7 Å². The van der Waals surface area contributed by atoms with Crippen molar-refractivity contribution in [1.29, 1.82) is 0 Å². The maximum atomic E-state index is 13.3. The zero-order chi connectivity index (χ0) is 16.7. The summed E-state index contributed by atoms with van der Waals surface area (Å²) in [6.45, 7) is 5.66. The van der Waals surface area contributed by atoms with Gasteiger partial charge < -0.3 is 14.7 Å². The highest BCUT2D eigenvalue weighted by Crippen LogP contribution is 2.06. The van der Waals surface area contributed by atoms with Gasteiger partial charge in [-0.2, -0.15) is 4.98 Å². The maximum Gasteiger partial charge on any atom is 0.228 e. The zero-order valence-corrected chi connectivity index (χ0v) is 16.5. The van der Waals surface area contributed by atoms with Gasteiger partial charge in [0.1, 0.15) is 5.82 Å². The molecule has 0 radical (unpaired) electrons. The number of nitrogens with zero attached hydrogens (tertiary/aromatic N) is 4. The Labute approximate surface area is 158 Å². The number of aliphatic imine (C=N–C) groups is 1. The van der Waals surface area contributed by atoms with Crippen molar-refractivity contribution < 1.29 is 8.91 Å². The van der Waals surface area contributed by atoms with Gasteiger partial charge in [0, 0.05) is 26.6 Å². The van der Waals surface area contributed by atoms with E-state index in [1.807, 2.05) is 24.9 Å². The molecule has 0 unspecified atom stereocenters. The van der Waals surface area contributed by atoms with E-state index in [-0.39, 0.29) is 29.8 Å². The van der Waals surface area contributed by atoms with Crippen LogP contribution in [0.2, 0.25) is 0 Å². The van der Waals surface area contributed by atoms with Gasteiger partial charge in [-0.25, -0.2) is 4.39 Å². The number of aromatic nitrogens is 2. The lowest BCUT2D eigenvalue weighted by Gasteiger charge is -2.22. The third kappa shape index (κ3) is 6.42. The van der Waals surface area contributed by atoms with E-state index in [9.17, 15) is 4.39 Å². The molecule has 132 valence electrons. The number of aryl methyl sites for hydroxylation is 1. The molecule has 0 aliphatic rings. The zero-order valence-electron chi connectivity index (χ0n) is 14.1. The standard InChI is InChI=1S/C16H22FN5O.HI/c1-4-18-16(19-9-8-15-20-12(2)21-23-15)22(3)11-13-6-5-7-14(17)10-13;/h5-7,10H,4,8-9,11H2,1-3H3,(H,18,19);1H. The van der Waals surface area contributed by atoms with Gasteiger partial charge in [-0.1, -0.05) is 17.3 Å². The number of rotatable bonds is 6. The molecule has 0 aliphatic carbocycles. The maximum absolute atomic E-state index is 13.3. The summed E-state index contributed by atoms with van der Waals surface area (Å²) in [7, 11) is 1.92. The molecule has 8 heteroatoms. The van der Waals surface area contributed by atoms with Gasteiger partial charge in [-0.05, 0) is 31.5 Å². The number of guanidine groups is 1. The highest BCUT2D eigenvalue weighted by Gasteiger charge is 2.08. The minimum Gasteiger partial charge on any atom is -0.357 e. The number of nitrogens with one attached hydrogen (secondary N) is 1. The van der Waals surface area contributed by atoms with Crippen molar-refractivity contribution in [3.05, 3.63) is 47.4 Å². The van der Waals surface area contributed by atoms with Gasteiger partial charge in [0.2, 0.25) is 5.89 Å². The van der Waals surface area contributed by atoms with E-state index in [1.54, 1.807) is 13.0 Å². The van der Waals surface area contributed by atoms with Crippen LogP contribution in [0.5, 0.6) is 0 Å². The highest BCUT2D eigenvalue weighted by atomic mass is 127. The van der Waals surface area contributed by atoms with Gasteiger partial charge in [-0.3, -0.25) is 4.99 Å². The second-order valence-corrected chi connectivity index (χ2v) is 5.21. The SMILES string of the molecule is CCNC(=NCCc1nc(C)no1)N(C)Cc1cccc(F)c1.I. The van der Waals surface area contributed by atoms with Gasteiger partial charge in [0.15, 0.2) is 11.8 Å². The van der Waals surface area contributed by atoms with Crippen molar-refractivity contribution in [3.8, 4) is 0 Å². The van der Waals surface area contributed by atoms with E-state index in [4.69, 9.17) is 4.52 Å². The summed E-state index contributed by atoms with van der Waals surface area (Å²) in [4.78, 5) is 10.7. The summed E-state index contributed by atoms with van der Waals surface area (Å²) < 4.78 is 18.3. The predicted octanol–water partition coefficient (Wildman–Crippen LogP) is 2.78. The van der Waals surface area contributed by atoms with Crippen LogP contribution < -0.4 is 5.32 Å². The van der Waals surface area contributed by atoms with Gasteiger partial charge in [0.05, 0.1) is 6.54 Å². The molecular formula is C16H23FIN5O. The molecule has 0 saturated carbocycles. The lowest BCUT2D eigenvalue weighted by Crippen LogP contribution is -2.38. The van der Waals surface area contributed by atoms with Crippen LogP contribution in [0.25, 0.3) is 0 Å². The first-order valence-electron chi connectivity index (χ1n) is 7.61. The summed E-state index contributed by atoms with van der Waals surface area (Å²) >= 11 is 0. The molecule has 0 atom stereocenters. The summed E-state index contributed by atoms with van der Waals surface area (Å²) in [5.74, 6) is 1.73. The molecule has 0 fully saturated rings. The molecule has 0 saturated heterocycles. The largest absolute Gasteiger partial charge is 0.357 e. The molecule has 1 heterocycles. The summed E-state index contributed by atoms with van der Waals surface area (Å²) in [6, 6.07) is 6.57. The number of halogens is 2. The van der Waals surface area contributed by atoms with Crippen LogP contribution in [0.4, 0.5) is 4.39 Å². The lowest BCUT2D eigenvalue weighted by molar-refractivity contribution is 0.375. The summed E-state index contributed by atoms with van der Waals surface area (Å²) in [5.41, 5.74) is 0.894. The van der Waals surface area contributed by atoms with Crippen LogP contribution in [0.3, 0.4) is 0 Å². The van der Waals surface area contributed by atoms with Crippen molar-refractivity contribution in [2.45, 2.75) is 26.8 Å². The molecule has 2 aromatic rings. The monoisotopic (exact) mass is 447 g/mol. The van der Waals surface area contributed by atoms with E-state index < -0.39 is 0 Å². The first kappa shape index (κ1) is 20.3. The second kappa shape index (κ2) is 10.2. The molecule has 24 heavy (non-hydrogen) atoms. The van der Waals surface area contributed by atoms with Gasteiger partial charge in [0.25, 0.3) is 0 Å². The van der Waals surface area contributed by atoms with Gasteiger partial charge >= 0.3 is 0 Å². The number of benzene rings is 1. The summed E-state index contributed by atoms with van der Waals surface area (Å²) in [6.07, 6.45) is 0.587. The highest BCUT2D eigenvalue weighted by molar-refractivity contribution is 14.0. The van der Waals surface area contributed by atoms with Crippen LogP contribution in [-0.2, 0) is 13.0 Å². The van der Waals surface area contributed by atoms with Crippen LogP contribution >= 0.6 is 24.0 Å². The van der Waals surface area contributed by atoms with Gasteiger partial charge in [-0.15, -0.1) is 24.0 Å². The lowest BCUT2D eigenvalue weighted by atomic mass is 10.2. The molecule has 1 aromatic carbocycles. The quantitative estimate of drug-likeness (QED) is 0.419. The second-order valence-electron chi connectivity index (χ2n) is 5.21. The molecule has 1 N–H and O–H groups in total. The predicted molar refractivity (Wildman–Crippen MR) is 102 cm³/mol. The third-order valence-corrected chi connectivity index (χ3v) is 3.16. The van der Waals surface area contributed by atoms with Crippen molar-refractivity contribution in [2.24, 2.45) is 4.99 Å². The number of hydrogen-bond donors (Lipinski definition) is 1.